The lowest BCUT2D eigenvalue weighted by atomic mass is 9.83. The van der Waals surface area contributed by atoms with Crippen molar-refractivity contribution in [3.05, 3.63) is 12.2 Å². The van der Waals surface area contributed by atoms with Gasteiger partial charge in [0.1, 0.15) is 6.10 Å². The fourth-order valence-electron chi connectivity index (χ4n) is 3.01. The Hall–Kier alpha value is -1.03. The summed E-state index contributed by atoms with van der Waals surface area (Å²) in [4.78, 5) is 11.4. The summed E-state index contributed by atoms with van der Waals surface area (Å²) in [5.74, 6) is 0.644. The molecule has 1 heterocycles. The molecule has 2 aliphatic rings. The Morgan fingerprint density at radius 3 is 2.78 bits per heavy atom. The standard InChI is InChI=1S/C14H23NO3/c1-9(2)12(16)13-11(15-14(17)18-13)8-10-6-4-3-5-7-10/h10-13,16H,1,3-8H2,2H3,(H,15,17)/t11-,12-,13+/m0/s1. The molecule has 1 amide bonds. The largest absolute Gasteiger partial charge is 0.441 e. The summed E-state index contributed by atoms with van der Waals surface area (Å²) in [6, 6.07) is -0.0766. The van der Waals surface area contributed by atoms with Gasteiger partial charge in [0.15, 0.2) is 6.10 Å². The van der Waals surface area contributed by atoms with Crippen molar-refractivity contribution in [1.82, 2.24) is 5.32 Å². The first-order valence-corrected chi connectivity index (χ1v) is 6.88. The molecule has 0 aromatic rings. The van der Waals surface area contributed by atoms with E-state index in [1.54, 1.807) is 6.92 Å². The maximum atomic E-state index is 11.4. The molecule has 0 aromatic heterocycles. The highest BCUT2D eigenvalue weighted by Crippen LogP contribution is 2.30. The minimum Gasteiger partial charge on any atom is -0.441 e. The summed E-state index contributed by atoms with van der Waals surface area (Å²) in [5.41, 5.74) is 0.644. The topological polar surface area (TPSA) is 58.6 Å². The number of ether oxygens (including phenoxy) is 1. The molecule has 0 bridgehead atoms. The Morgan fingerprint density at radius 1 is 1.50 bits per heavy atom. The minimum atomic E-state index is -0.766. The maximum Gasteiger partial charge on any atom is 0.407 e. The monoisotopic (exact) mass is 253 g/mol. The number of hydrogen-bond donors (Lipinski definition) is 2. The molecule has 0 spiro atoms. The molecule has 0 aromatic carbocycles. The Bertz CT molecular complexity index is 323. The van der Waals surface area contributed by atoms with E-state index in [4.69, 9.17) is 4.74 Å². The van der Waals surface area contributed by atoms with Gasteiger partial charge in [-0.05, 0) is 24.8 Å². The third kappa shape index (κ3) is 3.05. The fraction of sp³-hybridized carbons (Fsp3) is 0.786. The predicted molar refractivity (Wildman–Crippen MR) is 69.2 cm³/mol. The number of hydrogen-bond acceptors (Lipinski definition) is 3. The summed E-state index contributed by atoms with van der Waals surface area (Å²) in [6.07, 6.45) is 5.57. The molecule has 0 unspecified atom stereocenters. The van der Waals surface area contributed by atoms with Crippen LogP contribution in [-0.2, 0) is 4.74 Å². The van der Waals surface area contributed by atoms with Crippen molar-refractivity contribution in [2.24, 2.45) is 5.92 Å². The maximum absolute atomic E-state index is 11.4. The van der Waals surface area contributed by atoms with E-state index >= 15 is 0 Å². The molecule has 18 heavy (non-hydrogen) atoms. The average Bonchev–Trinajstić information content (AvgIpc) is 2.70. The quantitative estimate of drug-likeness (QED) is 0.756. The second-order valence-corrected chi connectivity index (χ2v) is 5.65. The molecular formula is C14H23NO3. The summed E-state index contributed by atoms with van der Waals surface area (Å²) >= 11 is 0. The van der Waals surface area contributed by atoms with Crippen LogP contribution in [0.25, 0.3) is 0 Å². The molecule has 4 nitrogen and oxygen atoms in total. The van der Waals surface area contributed by atoms with Crippen LogP contribution in [0.3, 0.4) is 0 Å². The van der Waals surface area contributed by atoms with E-state index in [-0.39, 0.29) is 6.04 Å². The van der Waals surface area contributed by atoms with Gasteiger partial charge in [0.05, 0.1) is 6.04 Å². The first-order chi connectivity index (χ1) is 8.58. The molecule has 1 aliphatic heterocycles. The van der Waals surface area contributed by atoms with Crippen molar-refractivity contribution in [2.45, 2.75) is 63.7 Å². The number of aliphatic hydroxyl groups excluding tert-OH is 1. The molecule has 1 saturated heterocycles. The van der Waals surface area contributed by atoms with Gasteiger partial charge < -0.3 is 15.2 Å². The van der Waals surface area contributed by atoms with Crippen LogP contribution in [0.5, 0.6) is 0 Å². The highest BCUT2D eigenvalue weighted by atomic mass is 16.6. The van der Waals surface area contributed by atoms with Gasteiger partial charge in [-0.15, -0.1) is 0 Å². The van der Waals surface area contributed by atoms with E-state index in [1.165, 1.54) is 32.1 Å². The third-order valence-electron chi connectivity index (χ3n) is 4.07. The SMILES string of the molecule is C=C(C)[C@H](O)[C@@H]1OC(=O)N[C@H]1CC1CCCCC1. The van der Waals surface area contributed by atoms with Crippen LogP contribution in [0.15, 0.2) is 12.2 Å². The summed E-state index contributed by atoms with van der Waals surface area (Å²) in [5, 5.41) is 12.9. The number of carbonyl (C=O) groups excluding carboxylic acids is 1. The van der Waals surface area contributed by atoms with Crippen LogP contribution in [0, 0.1) is 5.92 Å². The van der Waals surface area contributed by atoms with Crippen LogP contribution < -0.4 is 5.32 Å². The molecule has 3 atom stereocenters. The van der Waals surface area contributed by atoms with E-state index < -0.39 is 18.3 Å². The van der Waals surface area contributed by atoms with Crippen LogP contribution in [0.4, 0.5) is 4.79 Å². The van der Waals surface area contributed by atoms with Crippen LogP contribution in [-0.4, -0.2) is 29.4 Å². The highest BCUT2D eigenvalue weighted by molar-refractivity contribution is 5.70. The van der Waals surface area contributed by atoms with Gasteiger partial charge in [0.2, 0.25) is 0 Å². The zero-order chi connectivity index (χ0) is 13.1. The second-order valence-electron chi connectivity index (χ2n) is 5.65. The van der Waals surface area contributed by atoms with E-state index in [9.17, 15) is 9.90 Å². The lowest BCUT2D eigenvalue weighted by molar-refractivity contribution is 0.0346. The number of rotatable bonds is 4. The van der Waals surface area contributed by atoms with Crippen molar-refractivity contribution >= 4 is 6.09 Å². The summed E-state index contributed by atoms with van der Waals surface area (Å²) in [7, 11) is 0. The zero-order valence-corrected chi connectivity index (χ0v) is 11.0. The first kappa shape index (κ1) is 13.4. The van der Waals surface area contributed by atoms with Crippen molar-refractivity contribution < 1.29 is 14.6 Å². The first-order valence-electron chi connectivity index (χ1n) is 6.88. The third-order valence-corrected chi connectivity index (χ3v) is 4.07. The molecule has 2 N–H and O–H groups in total. The highest BCUT2D eigenvalue weighted by Gasteiger charge is 2.40. The molecular weight excluding hydrogens is 230 g/mol. The van der Waals surface area contributed by atoms with E-state index in [2.05, 4.69) is 11.9 Å². The van der Waals surface area contributed by atoms with Gasteiger partial charge in [-0.3, -0.25) is 0 Å². The van der Waals surface area contributed by atoms with E-state index in [1.807, 2.05) is 0 Å². The summed E-state index contributed by atoms with van der Waals surface area (Å²) < 4.78 is 5.18. The van der Waals surface area contributed by atoms with Gasteiger partial charge in [0, 0.05) is 0 Å². The lowest BCUT2D eigenvalue weighted by Crippen LogP contribution is -2.41. The van der Waals surface area contributed by atoms with Crippen LogP contribution >= 0.6 is 0 Å². The Kier molecular flexibility index (Phi) is 4.27. The number of cyclic esters (lactones) is 1. The number of amides is 1. The Balaban J connectivity index is 1.95. The minimum absolute atomic E-state index is 0.0766. The van der Waals surface area contributed by atoms with E-state index in [0.29, 0.717) is 11.5 Å². The number of nitrogens with one attached hydrogen (secondary N) is 1. The molecule has 2 fully saturated rings. The lowest BCUT2D eigenvalue weighted by Gasteiger charge is -2.28. The zero-order valence-electron chi connectivity index (χ0n) is 11.0. The van der Waals surface area contributed by atoms with Crippen molar-refractivity contribution in [3.8, 4) is 0 Å². The Morgan fingerprint density at radius 2 is 2.17 bits per heavy atom. The van der Waals surface area contributed by atoms with Crippen LogP contribution in [0.2, 0.25) is 0 Å². The second kappa shape index (κ2) is 5.74. The average molecular weight is 253 g/mol. The molecule has 2 rings (SSSR count). The van der Waals surface area contributed by atoms with Crippen LogP contribution in [0.1, 0.15) is 45.4 Å². The van der Waals surface area contributed by atoms with Gasteiger partial charge in [-0.1, -0.05) is 38.7 Å². The molecule has 102 valence electrons. The molecule has 4 heteroatoms. The van der Waals surface area contributed by atoms with E-state index in [0.717, 1.165) is 6.42 Å². The molecule has 0 radical (unpaired) electrons. The van der Waals surface area contributed by atoms with Gasteiger partial charge in [-0.2, -0.15) is 0 Å². The molecule has 1 saturated carbocycles. The van der Waals surface area contributed by atoms with Crippen molar-refractivity contribution in [3.63, 3.8) is 0 Å². The fourth-order valence-corrected chi connectivity index (χ4v) is 3.01. The predicted octanol–water partition coefficient (Wildman–Crippen LogP) is 2.37. The summed E-state index contributed by atoms with van der Waals surface area (Å²) in [6.45, 7) is 5.50. The van der Waals surface area contributed by atoms with Gasteiger partial charge >= 0.3 is 6.09 Å². The number of alkyl carbamates (subject to hydrolysis) is 1. The number of carbonyl (C=O) groups is 1. The molecule has 1 aliphatic carbocycles. The van der Waals surface area contributed by atoms with Crippen molar-refractivity contribution in [1.29, 1.82) is 0 Å². The van der Waals surface area contributed by atoms with Gasteiger partial charge in [-0.25, -0.2) is 4.79 Å². The van der Waals surface area contributed by atoms with Crippen molar-refractivity contribution in [2.75, 3.05) is 0 Å². The smallest absolute Gasteiger partial charge is 0.407 e. The normalized spacial score (nSPS) is 30.7. The Labute approximate surface area is 108 Å². The number of aliphatic hydroxyl groups is 1. The van der Waals surface area contributed by atoms with Gasteiger partial charge in [0.25, 0.3) is 0 Å².